The van der Waals surface area contributed by atoms with Crippen molar-refractivity contribution in [2.75, 3.05) is 0 Å². The Labute approximate surface area is 132 Å². The van der Waals surface area contributed by atoms with Gasteiger partial charge in [-0.3, -0.25) is 0 Å². The van der Waals surface area contributed by atoms with Crippen LogP contribution in [0.25, 0.3) is 0 Å². The molecule has 1 atom stereocenters. The summed E-state index contributed by atoms with van der Waals surface area (Å²) < 4.78 is 0. The van der Waals surface area contributed by atoms with Crippen LogP contribution in [0.5, 0.6) is 0 Å². The second-order valence-corrected chi connectivity index (χ2v) is 5.41. The number of imidazole rings is 1. The fraction of sp³-hybridized carbons (Fsp3) is 0.133. The number of hydrogen-bond acceptors (Lipinski definition) is 3. The fourth-order valence-corrected chi connectivity index (χ4v) is 2.73. The van der Waals surface area contributed by atoms with E-state index in [0.717, 1.165) is 17.0 Å². The Hall–Kier alpha value is -1.91. The lowest BCUT2D eigenvalue weighted by Crippen LogP contribution is -2.08. The Kier molecular flexibility index (Phi) is 4.18. The summed E-state index contributed by atoms with van der Waals surface area (Å²) in [5.41, 5.74) is 2.79. The predicted octanol–water partition coefficient (Wildman–Crippen LogP) is 3.88. The second-order valence-electron chi connectivity index (χ2n) is 4.62. The molecule has 106 valence electrons. The van der Waals surface area contributed by atoms with Crippen molar-refractivity contribution >= 4 is 23.2 Å². The van der Waals surface area contributed by atoms with Crippen LogP contribution in [0.3, 0.4) is 0 Å². The highest BCUT2D eigenvalue weighted by Gasteiger charge is 2.21. The largest absolute Gasteiger partial charge is 0.348 e. The Morgan fingerprint density at radius 1 is 1.14 bits per heavy atom. The van der Waals surface area contributed by atoms with Gasteiger partial charge in [-0.15, -0.1) is 0 Å². The van der Waals surface area contributed by atoms with E-state index < -0.39 is 0 Å². The number of H-pyrrole nitrogens is 1. The van der Waals surface area contributed by atoms with Crippen LogP contribution in [-0.4, -0.2) is 20.2 Å². The highest BCUT2D eigenvalue weighted by Crippen LogP contribution is 2.35. The summed E-state index contributed by atoms with van der Waals surface area (Å²) in [5.74, 6) is -0.00426. The van der Waals surface area contributed by atoms with Crippen LogP contribution in [0.15, 0.2) is 49.1 Å². The van der Waals surface area contributed by atoms with Crippen molar-refractivity contribution in [2.45, 2.75) is 12.3 Å². The lowest BCUT2D eigenvalue weighted by atomic mass is 9.91. The molecule has 0 aliphatic rings. The molecule has 0 spiro atoms. The van der Waals surface area contributed by atoms with Crippen LogP contribution in [-0.2, 0) is 6.42 Å². The molecule has 0 bridgehead atoms. The quantitative estimate of drug-likeness (QED) is 0.794. The van der Waals surface area contributed by atoms with E-state index in [0.29, 0.717) is 16.5 Å². The van der Waals surface area contributed by atoms with E-state index in [1.54, 1.807) is 24.8 Å². The fourth-order valence-electron chi connectivity index (χ4n) is 2.29. The Morgan fingerprint density at radius 2 is 2.05 bits per heavy atom. The molecular formula is C15H12Cl2N4. The van der Waals surface area contributed by atoms with Gasteiger partial charge in [-0.2, -0.15) is 10.2 Å². The van der Waals surface area contributed by atoms with E-state index in [9.17, 15) is 0 Å². The lowest BCUT2D eigenvalue weighted by Gasteiger charge is -2.17. The second kappa shape index (κ2) is 6.24. The monoisotopic (exact) mass is 318 g/mol. The predicted molar refractivity (Wildman–Crippen MR) is 82.6 cm³/mol. The molecule has 2 heterocycles. The Bertz CT molecular complexity index is 714. The number of benzene rings is 1. The van der Waals surface area contributed by atoms with Gasteiger partial charge in [-0.25, -0.2) is 4.98 Å². The van der Waals surface area contributed by atoms with E-state index >= 15 is 0 Å². The molecule has 0 saturated heterocycles. The van der Waals surface area contributed by atoms with E-state index in [4.69, 9.17) is 23.2 Å². The topological polar surface area (TPSA) is 54.5 Å². The number of halogens is 2. The molecule has 3 aromatic rings. The molecular weight excluding hydrogens is 307 g/mol. The van der Waals surface area contributed by atoms with Crippen LogP contribution in [0.2, 0.25) is 10.0 Å². The van der Waals surface area contributed by atoms with Gasteiger partial charge < -0.3 is 4.98 Å². The maximum atomic E-state index is 6.37. The summed E-state index contributed by atoms with van der Waals surface area (Å²) in [6, 6.07) is 9.44. The number of aromatic nitrogens is 4. The third kappa shape index (κ3) is 3.06. The van der Waals surface area contributed by atoms with Crippen molar-refractivity contribution in [1.29, 1.82) is 0 Å². The highest BCUT2D eigenvalue weighted by molar-refractivity contribution is 6.42. The van der Waals surface area contributed by atoms with Crippen LogP contribution < -0.4 is 0 Å². The van der Waals surface area contributed by atoms with Gasteiger partial charge >= 0.3 is 0 Å². The van der Waals surface area contributed by atoms with E-state index in [2.05, 4.69) is 20.2 Å². The summed E-state index contributed by atoms with van der Waals surface area (Å²) in [5, 5.41) is 9.16. The molecule has 1 aromatic carbocycles. The third-order valence-corrected chi connectivity index (χ3v) is 4.13. The standard InChI is InChI=1S/C15H12Cl2N4/c16-13-5-1-4-11(15(13)17)12(14-8-18-9-19-14)7-10-3-2-6-20-21-10/h1-6,8-9,12H,7H2,(H,18,19). The number of nitrogens with one attached hydrogen (secondary N) is 1. The summed E-state index contributed by atoms with van der Waals surface area (Å²) in [4.78, 5) is 7.24. The minimum Gasteiger partial charge on any atom is -0.348 e. The maximum Gasteiger partial charge on any atom is 0.0921 e. The molecule has 1 N–H and O–H groups in total. The van der Waals surface area contributed by atoms with Crippen molar-refractivity contribution in [1.82, 2.24) is 20.2 Å². The first-order chi connectivity index (χ1) is 10.3. The molecule has 0 aliphatic heterocycles. The van der Waals surface area contributed by atoms with Gasteiger partial charge in [0.25, 0.3) is 0 Å². The van der Waals surface area contributed by atoms with Gasteiger partial charge in [0, 0.05) is 30.4 Å². The van der Waals surface area contributed by atoms with Gasteiger partial charge in [0.2, 0.25) is 0 Å². The first-order valence-corrected chi connectivity index (χ1v) is 7.20. The molecule has 0 amide bonds. The van der Waals surface area contributed by atoms with Crippen LogP contribution in [0, 0.1) is 0 Å². The Morgan fingerprint density at radius 3 is 2.76 bits per heavy atom. The Balaban J connectivity index is 2.03. The average molecular weight is 319 g/mol. The normalized spacial score (nSPS) is 12.3. The van der Waals surface area contributed by atoms with Gasteiger partial charge in [-0.1, -0.05) is 35.3 Å². The summed E-state index contributed by atoms with van der Waals surface area (Å²) in [6.07, 6.45) is 5.76. The van der Waals surface area contributed by atoms with Crippen molar-refractivity contribution < 1.29 is 0 Å². The molecule has 2 aromatic heterocycles. The number of rotatable bonds is 4. The lowest BCUT2D eigenvalue weighted by molar-refractivity contribution is 0.744. The minimum absolute atomic E-state index is 0.00426. The van der Waals surface area contributed by atoms with Crippen LogP contribution >= 0.6 is 23.2 Å². The van der Waals surface area contributed by atoms with Crippen LogP contribution in [0.1, 0.15) is 22.9 Å². The zero-order valence-electron chi connectivity index (χ0n) is 11.0. The molecule has 0 fully saturated rings. The number of aromatic amines is 1. The molecule has 0 saturated carbocycles. The zero-order valence-corrected chi connectivity index (χ0v) is 12.5. The van der Waals surface area contributed by atoms with Gasteiger partial charge in [-0.05, 0) is 23.8 Å². The molecule has 0 aliphatic carbocycles. The van der Waals surface area contributed by atoms with E-state index in [-0.39, 0.29) is 5.92 Å². The van der Waals surface area contributed by atoms with Gasteiger partial charge in [0.1, 0.15) is 0 Å². The molecule has 4 nitrogen and oxygen atoms in total. The zero-order chi connectivity index (χ0) is 14.7. The van der Waals surface area contributed by atoms with E-state index in [1.165, 1.54) is 0 Å². The molecule has 21 heavy (non-hydrogen) atoms. The summed E-state index contributed by atoms with van der Waals surface area (Å²) in [7, 11) is 0. The highest BCUT2D eigenvalue weighted by atomic mass is 35.5. The average Bonchev–Trinajstić information content (AvgIpc) is 3.03. The number of hydrogen-bond donors (Lipinski definition) is 1. The smallest absolute Gasteiger partial charge is 0.0921 e. The van der Waals surface area contributed by atoms with Gasteiger partial charge in [0.15, 0.2) is 0 Å². The first-order valence-electron chi connectivity index (χ1n) is 6.44. The summed E-state index contributed by atoms with van der Waals surface area (Å²) >= 11 is 12.5. The van der Waals surface area contributed by atoms with Crippen molar-refractivity contribution in [3.8, 4) is 0 Å². The van der Waals surface area contributed by atoms with Crippen LogP contribution in [0.4, 0.5) is 0 Å². The third-order valence-electron chi connectivity index (χ3n) is 3.29. The van der Waals surface area contributed by atoms with Gasteiger partial charge in [0.05, 0.1) is 22.1 Å². The van der Waals surface area contributed by atoms with E-state index in [1.807, 2.05) is 24.3 Å². The maximum absolute atomic E-state index is 6.37. The van der Waals surface area contributed by atoms with Crippen molar-refractivity contribution in [3.05, 3.63) is 76.0 Å². The number of nitrogens with zero attached hydrogens (tertiary/aromatic N) is 3. The molecule has 0 radical (unpaired) electrons. The SMILES string of the molecule is Clc1cccc(C(Cc2cccnn2)c2cnc[nH]2)c1Cl. The molecule has 1 unspecified atom stereocenters. The van der Waals surface area contributed by atoms with Crippen molar-refractivity contribution in [2.24, 2.45) is 0 Å². The summed E-state index contributed by atoms with van der Waals surface area (Å²) in [6.45, 7) is 0. The minimum atomic E-state index is -0.00426. The van der Waals surface area contributed by atoms with Crippen molar-refractivity contribution in [3.63, 3.8) is 0 Å². The molecule has 3 rings (SSSR count). The molecule has 6 heteroatoms. The first kappa shape index (κ1) is 14.0.